The lowest BCUT2D eigenvalue weighted by molar-refractivity contribution is -0.138. The number of nitrogens with zero attached hydrogens (tertiary/aromatic N) is 1. The van der Waals surface area contributed by atoms with Gasteiger partial charge in [-0.05, 0) is 18.2 Å². The highest BCUT2D eigenvalue weighted by Gasteiger charge is 2.34. The Bertz CT molecular complexity index is 540. The Hall–Kier alpha value is -1.75. The summed E-state index contributed by atoms with van der Waals surface area (Å²) in [7, 11) is 0. The van der Waals surface area contributed by atoms with Crippen LogP contribution in [-0.4, -0.2) is 4.98 Å². The largest absolute Gasteiger partial charge is 0.438 e. The summed E-state index contributed by atoms with van der Waals surface area (Å²) in [5, 5.41) is 0.381. The lowest BCUT2D eigenvalue weighted by Crippen LogP contribution is -2.07. The van der Waals surface area contributed by atoms with E-state index >= 15 is 0 Å². The smallest absolute Gasteiger partial charge is 0.419 e. The Kier molecular flexibility index (Phi) is 3.43. The first-order chi connectivity index (χ1) is 8.47. The molecule has 0 unspecified atom stereocenters. The van der Waals surface area contributed by atoms with E-state index in [4.69, 9.17) is 16.3 Å². The van der Waals surface area contributed by atoms with Crippen molar-refractivity contribution >= 4 is 11.6 Å². The number of aromatic nitrogens is 1. The summed E-state index contributed by atoms with van der Waals surface area (Å²) in [6.45, 7) is 0. The Morgan fingerprint density at radius 2 is 1.78 bits per heavy atom. The predicted molar refractivity (Wildman–Crippen MR) is 60.8 cm³/mol. The number of rotatable bonds is 2. The molecule has 0 saturated carbocycles. The number of pyridine rings is 1. The van der Waals surface area contributed by atoms with E-state index < -0.39 is 11.7 Å². The number of ether oxygens (including phenoxy) is 1. The van der Waals surface area contributed by atoms with E-state index in [2.05, 4.69) is 4.98 Å². The van der Waals surface area contributed by atoms with E-state index in [0.29, 0.717) is 5.02 Å². The van der Waals surface area contributed by atoms with Crippen molar-refractivity contribution in [1.29, 1.82) is 0 Å². The molecular weight excluding hydrogens is 267 g/mol. The van der Waals surface area contributed by atoms with E-state index in [-0.39, 0.29) is 11.6 Å². The summed E-state index contributed by atoms with van der Waals surface area (Å²) in [6, 6.07) is 7.82. The van der Waals surface area contributed by atoms with Crippen LogP contribution in [0.2, 0.25) is 5.02 Å². The van der Waals surface area contributed by atoms with Gasteiger partial charge >= 0.3 is 6.18 Å². The highest BCUT2D eigenvalue weighted by Crippen LogP contribution is 2.37. The molecule has 1 aromatic heterocycles. The molecule has 2 nitrogen and oxygen atoms in total. The minimum Gasteiger partial charge on any atom is -0.438 e. The van der Waals surface area contributed by atoms with Crippen molar-refractivity contribution in [3.05, 3.63) is 53.2 Å². The van der Waals surface area contributed by atoms with Crippen LogP contribution in [0.3, 0.4) is 0 Å². The number of hydrogen-bond acceptors (Lipinski definition) is 2. The highest BCUT2D eigenvalue weighted by molar-refractivity contribution is 6.30. The summed E-state index contributed by atoms with van der Waals surface area (Å²) < 4.78 is 43.2. The third kappa shape index (κ3) is 2.92. The Morgan fingerprint density at radius 1 is 1.06 bits per heavy atom. The highest BCUT2D eigenvalue weighted by atomic mass is 35.5. The topological polar surface area (TPSA) is 22.1 Å². The molecule has 94 valence electrons. The van der Waals surface area contributed by atoms with Crippen LogP contribution in [0.15, 0.2) is 42.6 Å². The molecule has 1 aromatic carbocycles. The van der Waals surface area contributed by atoms with Gasteiger partial charge < -0.3 is 4.74 Å². The zero-order valence-electron chi connectivity index (χ0n) is 8.91. The van der Waals surface area contributed by atoms with Gasteiger partial charge in [-0.25, -0.2) is 4.98 Å². The first-order valence-corrected chi connectivity index (χ1v) is 5.30. The van der Waals surface area contributed by atoms with E-state index in [1.165, 1.54) is 36.5 Å². The van der Waals surface area contributed by atoms with Gasteiger partial charge in [0.2, 0.25) is 5.88 Å². The Morgan fingerprint density at radius 3 is 2.39 bits per heavy atom. The number of benzene rings is 1. The molecule has 2 rings (SSSR count). The molecule has 0 saturated heterocycles. The van der Waals surface area contributed by atoms with Crippen LogP contribution >= 0.6 is 11.6 Å². The first-order valence-electron chi connectivity index (χ1n) is 4.92. The van der Waals surface area contributed by atoms with E-state index in [0.717, 1.165) is 6.07 Å². The number of para-hydroxylation sites is 1. The van der Waals surface area contributed by atoms with Crippen LogP contribution < -0.4 is 4.74 Å². The van der Waals surface area contributed by atoms with Crippen LogP contribution in [0.1, 0.15) is 5.56 Å². The van der Waals surface area contributed by atoms with Gasteiger partial charge in [0, 0.05) is 12.3 Å². The van der Waals surface area contributed by atoms with E-state index in [1.807, 2.05) is 0 Å². The molecule has 0 radical (unpaired) electrons. The monoisotopic (exact) mass is 273 g/mol. The molecule has 0 N–H and O–H groups in total. The van der Waals surface area contributed by atoms with Crippen molar-refractivity contribution in [2.45, 2.75) is 6.18 Å². The standard InChI is InChI=1S/C12H7ClF3NO/c13-8-5-6-11(17-7-8)18-10-4-2-1-3-9(10)12(14,15)16/h1-7H. The maximum Gasteiger partial charge on any atom is 0.419 e. The van der Waals surface area contributed by atoms with Gasteiger partial charge in [-0.3, -0.25) is 0 Å². The third-order valence-electron chi connectivity index (χ3n) is 2.11. The zero-order chi connectivity index (χ0) is 13.2. The van der Waals surface area contributed by atoms with Crippen LogP contribution in [0.5, 0.6) is 11.6 Å². The molecule has 0 atom stereocenters. The van der Waals surface area contributed by atoms with Crippen molar-refractivity contribution in [2.24, 2.45) is 0 Å². The van der Waals surface area contributed by atoms with Crippen molar-refractivity contribution in [3.63, 3.8) is 0 Å². The van der Waals surface area contributed by atoms with Gasteiger partial charge in [-0.2, -0.15) is 13.2 Å². The lowest BCUT2D eigenvalue weighted by Gasteiger charge is -2.12. The first kappa shape index (κ1) is 12.7. The predicted octanol–water partition coefficient (Wildman–Crippen LogP) is 4.55. The van der Waals surface area contributed by atoms with Crippen LogP contribution in [0, 0.1) is 0 Å². The SMILES string of the molecule is FC(F)(F)c1ccccc1Oc1ccc(Cl)cn1. The summed E-state index contributed by atoms with van der Waals surface area (Å²) in [5.74, 6) is -0.240. The van der Waals surface area contributed by atoms with Gasteiger partial charge in [-0.15, -0.1) is 0 Å². The minimum absolute atomic E-state index is 0.0519. The average molecular weight is 274 g/mol. The van der Waals surface area contributed by atoms with Crippen LogP contribution in [0.25, 0.3) is 0 Å². The second-order valence-electron chi connectivity index (χ2n) is 3.41. The molecule has 2 aromatic rings. The summed E-state index contributed by atoms with van der Waals surface area (Å²) in [5.41, 5.74) is -0.846. The molecule has 0 aliphatic rings. The van der Waals surface area contributed by atoms with Gasteiger partial charge in [0.1, 0.15) is 5.75 Å². The van der Waals surface area contributed by atoms with E-state index in [1.54, 1.807) is 0 Å². The normalized spacial score (nSPS) is 11.3. The maximum absolute atomic E-state index is 12.7. The second kappa shape index (κ2) is 4.86. The fourth-order valence-electron chi connectivity index (χ4n) is 1.33. The van der Waals surface area contributed by atoms with Crippen LogP contribution in [-0.2, 0) is 6.18 Å². The molecule has 0 amide bonds. The van der Waals surface area contributed by atoms with Crippen molar-refractivity contribution < 1.29 is 17.9 Å². The summed E-state index contributed by atoms with van der Waals surface area (Å²) in [6.07, 6.45) is -3.17. The number of alkyl halides is 3. The minimum atomic E-state index is -4.47. The van der Waals surface area contributed by atoms with Crippen LogP contribution in [0.4, 0.5) is 13.2 Å². The number of halogens is 4. The molecule has 1 heterocycles. The Balaban J connectivity index is 2.32. The van der Waals surface area contributed by atoms with Crippen molar-refractivity contribution in [3.8, 4) is 11.6 Å². The van der Waals surface area contributed by atoms with Crippen molar-refractivity contribution in [1.82, 2.24) is 4.98 Å². The molecule has 18 heavy (non-hydrogen) atoms. The summed E-state index contributed by atoms with van der Waals surface area (Å²) in [4.78, 5) is 3.78. The fraction of sp³-hybridized carbons (Fsp3) is 0.0833. The molecule has 6 heteroatoms. The quantitative estimate of drug-likeness (QED) is 0.801. The molecule has 0 bridgehead atoms. The second-order valence-corrected chi connectivity index (χ2v) is 3.85. The molecule has 0 spiro atoms. The molecule has 0 fully saturated rings. The van der Waals surface area contributed by atoms with Gasteiger partial charge in [0.25, 0.3) is 0 Å². The zero-order valence-corrected chi connectivity index (χ0v) is 9.66. The van der Waals surface area contributed by atoms with Crippen molar-refractivity contribution in [2.75, 3.05) is 0 Å². The Labute approximate surface area is 106 Å². The van der Waals surface area contributed by atoms with Gasteiger partial charge in [0.15, 0.2) is 0 Å². The number of hydrogen-bond donors (Lipinski definition) is 0. The average Bonchev–Trinajstić information content (AvgIpc) is 2.31. The third-order valence-corrected chi connectivity index (χ3v) is 2.33. The van der Waals surface area contributed by atoms with Gasteiger partial charge in [0.05, 0.1) is 10.6 Å². The van der Waals surface area contributed by atoms with E-state index in [9.17, 15) is 13.2 Å². The summed E-state index contributed by atoms with van der Waals surface area (Å²) >= 11 is 5.62. The fourth-order valence-corrected chi connectivity index (χ4v) is 1.44. The molecule has 0 aliphatic heterocycles. The molecule has 0 aliphatic carbocycles. The van der Waals surface area contributed by atoms with Gasteiger partial charge in [-0.1, -0.05) is 23.7 Å². The molecular formula is C12H7ClF3NO. The maximum atomic E-state index is 12.7. The lowest BCUT2D eigenvalue weighted by atomic mass is 10.2.